The predicted octanol–water partition coefficient (Wildman–Crippen LogP) is 2.77. The zero-order valence-corrected chi connectivity index (χ0v) is 9.28. The van der Waals surface area contributed by atoms with Crippen LogP contribution in [0.25, 0.3) is 43.1 Å². The topological polar surface area (TPSA) is 34.1 Å². The van der Waals surface area contributed by atoms with Crippen LogP contribution in [0.3, 0.4) is 0 Å². The van der Waals surface area contributed by atoms with Gasteiger partial charge in [0.15, 0.2) is 10.9 Å². The van der Waals surface area contributed by atoms with Gasteiger partial charge in [0, 0.05) is 26.9 Å². The van der Waals surface area contributed by atoms with Gasteiger partial charge in [0.05, 0.1) is 0 Å². The highest BCUT2D eigenvalue weighted by atomic mass is 16.1. The predicted molar refractivity (Wildman–Crippen MR) is 73.8 cm³/mol. The second-order valence-electron chi connectivity index (χ2n) is 4.87. The van der Waals surface area contributed by atoms with Crippen LogP contribution in [-0.4, -0.2) is 0 Å². The fourth-order valence-electron chi connectivity index (χ4n) is 3.06. The Bertz CT molecular complexity index is 1140. The van der Waals surface area contributed by atoms with Crippen LogP contribution in [0.1, 0.15) is 0 Å². The summed E-state index contributed by atoms with van der Waals surface area (Å²) >= 11 is 0. The van der Waals surface area contributed by atoms with E-state index in [1.807, 2.05) is 36.4 Å². The average molecular weight is 230 g/mol. The molecule has 82 valence electrons. The molecule has 0 bridgehead atoms. The minimum absolute atomic E-state index is 0.0578. The molecule has 0 saturated carbocycles. The van der Waals surface area contributed by atoms with Gasteiger partial charge in [0.25, 0.3) is 0 Å². The SMILES string of the molecule is O=c1c2c3ccc4ccccc4c3c3c(=O)c3c12. The molecule has 0 unspecified atom stereocenters. The van der Waals surface area contributed by atoms with E-state index < -0.39 is 0 Å². The lowest BCUT2D eigenvalue weighted by Crippen LogP contribution is -1.78. The van der Waals surface area contributed by atoms with Gasteiger partial charge in [-0.2, -0.15) is 0 Å². The van der Waals surface area contributed by atoms with Crippen LogP contribution in [0.5, 0.6) is 0 Å². The molecular formula is C16H6O2. The first-order valence-corrected chi connectivity index (χ1v) is 5.90. The molecule has 0 radical (unpaired) electrons. The van der Waals surface area contributed by atoms with Gasteiger partial charge in [-0.05, 0) is 16.2 Å². The first-order valence-electron chi connectivity index (χ1n) is 5.90. The number of hydrogen-bond donors (Lipinski definition) is 0. The van der Waals surface area contributed by atoms with E-state index in [-0.39, 0.29) is 10.9 Å². The van der Waals surface area contributed by atoms with Crippen molar-refractivity contribution in [3.05, 3.63) is 56.8 Å². The Balaban J connectivity index is 2.27. The Hall–Kier alpha value is -2.48. The van der Waals surface area contributed by atoms with E-state index in [2.05, 4.69) is 0 Å². The van der Waals surface area contributed by atoms with Gasteiger partial charge in [-0.15, -0.1) is 0 Å². The highest BCUT2D eigenvalue weighted by Crippen LogP contribution is 2.40. The quantitative estimate of drug-likeness (QED) is 0.383. The van der Waals surface area contributed by atoms with Crippen LogP contribution >= 0.6 is 0 Å². The van der Waals surface area contributed by atoms with Crippen LogP contribution < -0.4 is 10.9 Å². The molecule has 0 aliphatic heterocycles. The summed E-state index contributed by atoms with van der Waals surface area (Å²) in [5.74, 6) is 0. The molecule has 0 saturated heterocycles. The minimum Gasteiger partial charge on any atom is -0.289 e. The molecule has 18 heavy (non-hydrogen) atoms. The molecule has 5 aromatic carbocycles. The molecule has 0 spiro atoms. The molecular weight excluding hydrogens is 224 g/mol. The average Bonchev–Trinajstić information content (AvgIpc) is 3.26. The Morgan fingerprint density at radius 1 is 0.556 bits per heavy atom. The third-order valence-electron chi connectivity index (χ3n) is 3.98. The molecule has 2 heteroatoms. The third kappa shape index (κ3) is 0.740. The Morgan fingerprint density at radius 3 is 2.11 bits per heavy atom. The van der Waals surface area contributed by atoms with Gasteiger partial charge in [0.2, 0.25) is 0 Å². The lowest BCUT2D eigenvalue weighted by atomic mass is 10.0. The molecule has 0 amide bonds. The van der Waals surface area contributed by atoms with Crippen molar-refractivity contribution in [2.45, 2.75) is 0 Å². The monoisotopic (exact) mass is 230 g/mol. The maximum absolute atomic E-state index is 11.8. The molecule has 2 nitrogen and oxygen atoms in total. The molecule has 0 atom stereocenters. The van der Waals surface area contributed by atoms with E-state index in [1.165, 1.54) is 0 Å². The Kier molecular flexibility index (Phi) is 1.13. The smallest absolute Gasteiger partial charge is 0.195 e. The van der Waals surface area contributed by atoms with Crippen molar-refractivity contribution < 1.29 is 0 Å². The van der Waals surface area contributed by atoms with Crippen molar-refractivity contribution in [3.63, 3.8) is 0 Å². The molecule has 0 aliphatic rings. The van der Waals surface area contributed by atoms with Crippen LogP contribution in [0.2, 0.25) is 0 Å². The molecule has 0 fully saturated rings. The van der Waals surface area contributed by atoms with Crippen molar-refractivity contribution in [2.24, 2.45) is 0 Å². The van der Waals surface area contributed by atoms with Gasteiger partial charge in [0.1, 0.15) is 0 Å². The Labute approximate surface area is 100 Å². The first kappa shape index (κ1) is 8.59. The second kappa shape index (κ2) is 2.36. The highest BCUT2D eigenvalue weighted by Gasteiger charge is 2.30. The number of fused-ring (bicyclic) bond motifs is 8. The highest BCUT2D eigenvalue weighted by molar-refractivity contribution is 6.40. The van der Waals surface area contributed by atoms with Gasteiger partial charge in [-0.3, -0.25) is 9.59 Å². The molecule has 5 aromatic rings. The number of rotatable bonds is 0. The van der Waals surface area contributed by atoms with E-state index in [0.717, 1.165) is 32.3 Å². The normalized spacial score (nSPS) is 12.9. The van der Waals surface area contributed by atoms with Gasteiger partial charge in [-0.25, -0.2) is 0 Å². The van der Waals surface area contributed by atoms with Gasteiger partial charge >= 0.3 is 0 Å². The summed E-state index contributed by atoms with van der Waals surface area (Å²) in [5, 5.41) is 6.99. The maximum Gasteiger partial charge on any atom is 0.195 e. The van der Waals surface area contributed by atoms with E-state index in [1.54, 1.807) is 0 Å². The first-order chi connectivity index (χ1) is 8.79. The number of hydrogen-bond acceptors (Lipinski definition) is 2. The van der Waals surface area contributed by atoms with Gasteiger partial charge < -0.3 is 0 Å². The summed E-state index contributed by atoms with van der Waals surface area (Å²) in [5.41, 5.74) is 0.117. The summed E-state index contributed by atoms with van der Waals surface area (Å²) in [6, 6.07) is 12.0. The summed E-state index contributed by atoms with van der Waals surface area (Å²) in [7, 11) is 0. The minimum atomic E-state index is 0.0578. The zero-order valence-electron chi connectivity index (χ0n) is 9.28. The zero-order chi connectivity index (χ0) is 12.0. The van der Waals surface area contributed by atoms with E-state index in [0.29, 0.717) is 10.8 Å². The van der Waals surface area contributed by atoms with Crippen molar-refractivity contribution in [1.29, 1.82) is 0 Å². The van der Waals surface area contributed by atoms with Crippen molar-refractivity contribution in [2.75, 3.05) is 0 Å². The largest absolute Gasteiger partial charge is 0.289 e. The molecule has 0 heterocycles. The number of benzene rings is 3. The fourth-order valence-corrected chi connectivity index (χ4v) is 3.06. The summed E-state index contributed by atoms with van der Waals surface area (Å²) in [6.45, 7) is 0. The lowest BCUT2D eigenvalue weighted by Gasteiger charge is -2.01. The Morgan fingerprint density at radius 2 is 1.22 bits per heavy atom. The maximum atomic E-state index is 11.8. The molecule has 0 N–H and O–H groups in total. The van der Waals surface area contributed by atoms with Crippen molar-refractivity contribution in [1.82, 2.24) is 0 Å². The van der Waals surface area contributed by atoms with Crippen LogP contribution in [-0.2, 0) is 0 Å². The van der Waals surface area contributed by atoms with Crippen molar-refractivity contribution >= 4 is 43.1 Å². The standard InChI is InChI=1S/C16H6O2/c17-15-11-9-6-5-7-3-1-2-4-8(7)10(9)12-14(13(11)15)16(12)18/h1-6H. The lowest BCUT2D eigenvalue weighted by molar-refractivity contribution is 1.81. The van der Waals surface area contributed by atoms with E-state index in [4.69, 9.17) is 0 Å². The van der Waals surface area contributed by atoms with Crippen LogP contribution in [0.15, 0.2) is 46.0 Å². The summed E-state index contributed by atoms with van der Waals surface area (Å²) in [6.07, 6.45) is 0. The van der Waals surface area contributed by atoms with E-state index in [9.17, 15) is 9.59 Å². The van der Waals surface area contributed by atoms with Crippen LogP contribution in [0.4, 0.5) is 0 Å². The third-order valence-corrected chi connectivity index (χ3v) is 3.98. The summed E-state index contributed by atoms with van der Waals surface area (Å²) < 4.78 is 0. The van der Waals surface area contributed by atoms with Crippen LogP contribution in [0, 0.1) is 0 Å². The summed E-state index contributed by atoms with van der Waals surface area (Å²) in [4.78, 5) is 23.6. The molecule has 0 aromatic heterocycles. The van der Waals surface area contributed by atoms with E-state index >= 15 is 0 Å². The second-order valence-corrected chi connectivity index (χ2v) is 4.87. The fraction of sp³-hybridized carbons (Fsp3) is 0. The molecule has 5 rings (SSSR count). The van der Waals surface area contributed by atoms with Gasteiger partial charge in [-0.1, -0.05) is 36.4 Å². The van der Waals surface area contributed by atoms with Crippen molar-refractivity contribution in [3.8, 4) is 0 Å². The molecule has 0 aliphatic carbocycles.